The summed E-state index contributed by atoms with van der Waals surface area (Å²) in [6.45, 7) is 2.23. The average Bonchev–Trinajstić information content (AvgIpc) is 2.45. The summed E-state index contributed by atoms with van der Waals surface area (Å²) >= 11 is 0. The van der Waals surface area contributed by atoms with E-state index < -0.39 is 0 Å². The molecule has 1 unspecified atom stereocenters. The SMILES string of the molecule is CCC(C=Cc1ccccc1)Cc1ccccn1. The molecule has 1 aromatic heterocycles. The molecule has 1 heterocycles. The van der Waals surface area contributed by atoms with Crippen molar-refractivity contribution in [3.8, 4) is 0 Å². The Balaban J connectivity index is 2.00. The zero-order valence-corrected chi connectivity index (χ0v) is 10.8. The van der Waals surface area contributed by atoms with E-state index in [1.165, 1.54) is 11.3 Å². The summed E-state index contributed by atoms with van der Waals surface area (Å²) in [5, 5.41) is 0. The van der Waals surface area contributed by atoms with Crippen molar-refractivity contribution in [1.82, 2.24) is 4.98 Å². The summed E-state index contributed by atoms with van der Waals surface area (Å²) in [7, 11) is 0. The van der Waals surface area contributed by atoms with Crippen molar-refractivity contribution in [1.29, 1.82) is 0 Å². The lowest BCUT2D eigenvalue weighted by atomic mass is 9.98. The van der Waals surface area contributed by atoms with Crippen LogP contribution < -0.4 is 0 Å². The van der Waals surface area contributed by atoms with Crippen LogP contribution in [0.4, 0.5) is 0 Å². The number of pyridine rings is 1. The van der Waals surface area contributed by atoms with Gasteiger partial charge in [-0.05, 0) is 36.5 Å². The molecule has 1 nitrogen and oxygen atoms in total. The van der Waals surface area contributed by atoms with E-state index >= 15 is 0 Å². The van der Waals surface area contributed by atoms with Crippen LogP contribution in [0, 0.1) is 5.92 Å². The normalized spacial score (nSPS) is 12.7. The Bertz CT molecular complexity index is 473. The molecule has 2 aromatic rings. The highest BCUT2D eigenvalue weighted by Crippen LogP contribution is 2.14. The highest BCUT2D eigenvalue weighted by molar-refractivity contribution is 5.49. The zero-order chi connectivity index (χ0) is 12.6. The van der Waals surface area contributed by atoms with E-state index in [2.05, 4.69) is 60.5 Å². The fourth-order valence-electron chi connectivity index (χ4n) is 1.95. The van der Waals surface area contributed by atoms with Crippen molar-refractivity contribution in [2.24, 2.45) is 5.92 Å². The Hall–Kier alpha value is -1.89. The first-order valence-corrected chi connectivity index (χ1v) is 6.51. The third-order valence-corrected chi connectivity index (χ3v) is 3.08. The molecule has 0 aliphatic rings. The van der Waals surface area contributed by atoms with E-state index in [1.54, 1.807) is 0 Å². The largest absolute Gasteiger partial charge is 0.261 e. The van der Waals surface area contributed by atoms with Crippen molar-refractivity contribution in [2.45, 2.75) is 19.8 Å². The lowest BCUT2D eigenvalue weighted by Crippen LogP contribution is -2.01. The van der Waals surface area contributed by atoms with Crippen LogP contribution in [0.3, 0.4) is 0 Å². The van der Waals surface area contributed by atoms with Crippen LogP contribution in [0.25, 0.3) is 6.08 Å². The van der Waals surface area contributed by atoms with E-state index in [9.17, 15) is 0 Å². The fraction of sp³-hybridized carbons (Fsp3) is 0.235. The standard InChI is InChI=1S/C17H19N/c1-2-15(14-17-10-6-7-13-18-17)11-12-16-8-4-3-5-9-16/h3-13,15H,2,14H2,1H3. The summed E-state index contributed by atoms with van der Waals surface area (Å²) in [5.74, 6) is 0.556. The minimum Gasteiger partial charge on any atom is -0.261 e. The second kappa shape index (κ2) is 6.75. The van der Waals surface area contributed by atoms with E-state index in [1.807, 2.05) is 18.3 Å². The minimum atomic E-state index is 0.556. The molecule has 0 aliphatic carbocycles. The number of benzene rings is 1. The highest BCUT2D eigenvalue weighted by atomic mass is 14.7. The molecule has 0 radical (unpaired) electrons. The summed E-state index contributed by atoms with van der Waals surface area (Å²) < 4.78 is 0. The van der Waals surface area contributed by atoms with E-state index in [4.69, 9.17) is 0 Å². The lowest BCUT2D eigenvalue weighted by molar-refractivity contribution is 0.617. The van der Waals surface area contributed by atoms with Crippen molar-refractivity contribution in [3.63, 3.8) is 0 Å². The molecule has 0 aliphatic heterocycles. The molecule has 0 saturated carbocycles. The maximum Gasteiger partial charge on any atom is 0.0409 e. The van der Waals surface area contributed by atoms with Gasteiger partial charge in [0.1, 0.15) is 0 Å². The summed E-state index contributed by atoms with van der Waals surface area (Å²) in [4.78, 5) is 4.39. The molecule has 0 fully saturated rings. The maximum atomic E-state index is 4.39. The zero-order valence-electron chi connectivity index (χ0n) is 10.8. The number of nitrogens with zero attached hydrogens (tertiary/aromatic N) is 1. The predicted octanol–water partition coefficient (Wildman–Crippen LogP) is 4.36. The molecule has 0 saturated heterocycles. The van der Waals surface area contributed by atoms with Gasteiger partial charge in [0, 0.05) is 11.9 Å². The van der Waals surface area contributed by atoms with Crippen LogP contribution in [0.15, 0.2) is 60.8 Å². The monoisotopic (exact) mass is 237 g/mol. The van der Waals surface area contributed by atoms with Gasteiger partial charge in [0.25, 0.3) is 0 Å². The molecule has 1 aromatic carbocycles. The van der Waals surface area contributed by atoms with Crippen LogP contribution >= 0.6 is 0 Å². The second-order valence-corrected chi connectivity index (χ2v) is 4.46. The van der Waals surface area contributed by atoms with Gasteiger partial charge in [-0.1, -0.05) is 55.5 Å². The minimum absolute atomic E-state index is 0.556. The fourth-order valence-corrected chi connectivity index (χ4v) is 1.95. The van der Waals surface area contributed by atoms with Gasteiger partial charge in [0.05, 0.1) is 0 Å². The molecule has 1 atom stereocenters. The van der Waals surface area contributed by atoms with Gasteiger partial charge in [-0.2, -0.15) is 0 Å². The third kappa shape index (κ3) is 3.85. The maximum absolute atomic E-state index is 4.39. The highest BCUT2D eigenvalue weighted by Gasteiger charge is 2.03. The Morgan fingerprint density at radius 1 is 1.06 bits per heavy atom. The summed E-state index contributed by atoms with van der Waals surface area (Å²) in [6, 6.07) is 16.6. The Morgan fingerprint density at radius 2 is 1.83 bits per heavy atom. The first-order chi connectivity index (χ1) is 8.88. The molecular formula is C17H19N. The molecule has 0 bridgehead atoms. The molecule has 18 heavy (non-hydrogen) atoms. The summed E-state index contributed by atoms with van der Waals surface area (Å²) in [5.41, 5.74) is 2.43. The van der Waals surface area contributed by atoms with E-state index in [-0.39, 0.29) is 0 Å². The Morgan fingerprint density at radius 3 is 2.50 bits per heavy atom. The molecule has 1 heteroatoms. The number of aromatic nitrogens is 1. The number of hydrogen-bond donors (Lipinski definition) is 0. The molecule has 0 amide bonds. The van der Waals surface area contributed by atoms with E-state index in [0.717, 1.165) is 12.8 Å². The first-order valence-electron chi connectivity index (χ1n) is 6.51. The van der Waals surface area contributed by atoms with Gasteiger partial charge in [0.2, 0.25) is 0 Å². The van der Waals surface area contributed by atoms with Crippen molar-refractivity contribution in [3.05, 3.63) is 72.1 Å². The number of rotatable bonds is 5. The topological polar surface area (TPSA) is 12.9 Å². The second-order valence-electron chi connectivity index (χ2n) is 4.46. The van der Waals surface area contributed by atoms with Crippen molar-refractivity contribution >= 4 is 6.08 Å². The quantitative estimate of drug-likeness (QED) is 0.752. The number of allylic oxidation sites excluding steroid dienone is 1. The average molecular weight is 237 g/mol. The molecular weight excluding hydrogens is 218 g/mol. The smallest absolute Gasteiger partial charge is 0.0409 e. The Labute approximate surface area is 109 Å². The van der Waals surface area contributed by atoms with Gasteiger partial charge < -0.3 is 0 Å². The van der Waals surface area contributed by atoms with Gasteiger partial charge >= 0.3 is 0 Å². The van der Waals surface area contributed by atoms with Gasteiger partial charge in [-0.15, -0.1) is 0 Å². The van der Waals surface area contributed by atoms with Crippen LogP contribution in [-0.2, 0) is 6.42 Å². The first kappa shape index (κ1) is 12.6. The van der Waals surface area contributed by atoms with Crippen molar-refractivity contribution < 1.29 is 0 Å². The molecule has 92 valence electrons. The summed E-state index contributed by atoms with van der Waals surface area (Å²) in [6.07, 6.45) is 8.52. The van der Waals surface area contributed by atoms with Crippen LogP contribution in [0.2, 0.25) is 0 Å². The molecule has 0 spiro atoms. The molecule has 0 N–H and O–H groups in total. The van der Waals surface area contributed by atoms with Gasteiger partial charge in [-0.25, -0.2) is 0 Å². The van der Waals surface area contributed by atoms with Crippen molar-refractivity contribution in [2.75, 3.05) is 0 Å². The number of hydrogen-bond acceptors (Lipinski definition) is 1. The Kier molecular flexibility index (Phi) is 4.71. The van der Waals surface area contributed by atoms with Crippen LogP contribution in [-0.4, -0.2) is 4.98 Å². The van der Waals surface area contributed by atoms with E-state index in [0.29, 0.717) is 5.92 Å². The third-order valence-electron chi connectivity index (χ3n) is 3.08. The lowest BCUT2D eigenvalue weighted by Gasteiger charge is -2.09. The van der Waals surface area contributed by atoms with Crippen LogP contribution in [0.1, 0.15) is 24.6 Å². The van der Waals surface area contributed by atoms with Gasteiger partial charge in [0.15, 0.2) is 0 Å². The predicted molar refractivity (Wildman–Crippen MR) is 77.2 cm³/mol. The van der Waals surface area contributed by atoms with Gasteiger partial charge in [-0.3, -0.25) is 4.98 Å². The van der Waals surface area contributed by atoms with Crippen LogP contribution in [0.5, 0.6) is 0 Å². The molecule has 2 rings (SSSR count).